The molecule has 0 radical (unpaired) electrons. The fourth-order valence-electron chi connectivity index (χ4n) is 0.448. The molecule has 0 aromatic carbocycles. The molecule has 0 fully saturated rings. The summed E-state index contributed by atoms with van der Waals surface area (Å²) in [6.45, 7) is 7.51. The van der Waals surface area contributed by atoms with E-state index in [1.165, 1.54) is 0 Å². The maximum absolute atomic E-state index is 8.91. The van der Waals surface area contributed by atoms with Crippen LogP contribution in [0.2, 0.25) is 0 Å². The lowest BCUT2D eigenvalue weighted by molar-refractivity contribution is 0.198. The molecule has 10 heavy (non-hydrogen) atoms. The first-order valence-electron chi connectivity index (χ1n) is 3.23. The number of halogens is 1. The summed E-state index contributed by atoms with van der Waals surface area (Å²) in [5.41, 5.74) is 1.06. The number of rotatable bonds is 3. The molecule has 0 rings (SSSR count). The summed E-state index contributed by atoms with van der Waals surface area (Å²) >= 11 is 2.22. The highest BCUT2D eigenvalue weighted by Crippen LogP contribution is 2.16. The Bertz CT molecular complexity index is 147. The highest BCUT2D eigenvalue weighted by molar-refractivity contribution is 14.1. The lowest BCUT2D eigenvalue weighted by Gasteiger charge is -1.99. The van der Waals surface area contributed by atoms with E-state index in [1.807, 2.05) is 13.0 Å². The molecule has 0 saturated carbocycles. The van der Waals surface area contributed by atoms with E-state index in [-0.39, 0.29) is 6.10 Å². The van der Waals surface area contributed by atoms with Crippen molar-refractivity contribution in [2.75, 3.05) is 0 Å². The molecule has 1 atom stereocenters. The van der Waals surface area contributed by atoms with Crippen molar-refractivity contribution in [3.63, 3.8) is 0 Å². The second-order valence-corrected chi connectivity index (χ2v) is 3.58. The van der Waals surface area contributed by atoms with Crippen molar-refractivity contribution in [2.45, 2.75) is 26.4 Å². The van der Waals surface area contributed by atoms with Crippen LogP contribution in [0.3, 0.4) is 0 Å². The molecule has 1 N–H and O–H groups in total. The summed E-state index contributed by atoms with van der Waals surface area (Å²) in [6, 6.07) is 0. The largest absolute Gasteiger partial charge is 0.393 e. The molecule has 0 aliphatic heterocycles. The van der Waals surface area contributed by atoms with Gasteiger partial charge in [0.2, 0.25) is 0 Å². The molecule has 1 unspecified atom stereocenters. The third-order valence-electron chi connectivity index (χ3n) is 1.05. The van der Waals surface area contributed by atoms with Crippen LogP contribution in [0.4, 0.5) is 0 Å². The quantitative estimate of drug-likeness (QED) is 0.604. The van der Waals surface area contributed by atoms with Gasteiger partial charge >= 0.3 is 0 Å². The molecule has 0 amide bonds. The second-order valence-electron chi connectivity index (χ2n) is 2.42. The minimum Gasteiger partial charge on any atom is -0.393 e. The first-order valence-corrected chi connectivity index (χ1v) is 4.31. The molecule has 0 heterocycles. The van der Waals surface area contributed by atoms with Crippen LogP contribution < -0.4 is 0 Å². The van der Waals surface area contributed by atoms with Crippen molar-refractivity contribution in [1.82, 2.24) is 0 Å². The van der Waals surface area contributed by atoms with Gasteiger partial charge in [0.05, 0.1) is 6.10 Å². The zero-order chi connectivity index (χ0) is 8.15. The number of allylic oxidation sites excluding steroid dienone is 2. The van der Waals surface area contributed by atoms with Crippen molar-refractivity contribution in [3.8, 4) is 0 Å². The zero-order valence-corrected chi connectivity index (χ0v) is 8.55. The molecular weight excluding hydrogens is 239 g/mol. The predicted molar refractivity (Wildman–Crippen MR) is 53.2 cm³/mol. The number of aliphatic hydroxyl groups excluding tert-OH is 1. The average molecular weight is 252 g/mol. The van der Waals surface area contributed by atoms with Gasteiger partial charge in [0, 0.05) is 3.58 Å². The summed E-state index contributed by atoms with van der Waals surface area (Å²) in [7, 11) is 0. The number of hydrogen-bond donors (Lipinski definition) is 1. The highest BCUT2D eigenvalue weighted by atomic mass is 127. The van der Waals surface area contributed by atoms with Gasteiger partial charge in [-0.25, -0.2) is 0 Å². The fraction of sp³-hybridized carbons (Fsp3) is 0.500. The Morgan fingerprint density at radius 1 is 1.80 bits per heavy atom. The van der Waals surface area contributed by atoms with E-state index in [1.54, 1.807) is 6.92 Å². The minimum absolute atomic E-state index is 0.246. The lowest BCUT2D eigenvalue weighted by Crippen LogP contribution is -1.95. The Hall–Kier alpha value is 0.170. The topological polar surface area (TPSA) is 20.2 Å². The second kappa shape index (κ2) is 4.91. The molecule has 0 aliphatic rings. The molecule has 0 saturated heterocycles. The van der Waals surface area contributed by atoms with E-state index in [4.69, 9.17) is 5.11 Å². The van der Waals surface area contributed by atoms with Crippen molar-refractivity contribution < 1.29 is 5.11 Å². The maximum atomic E-state index is 8.91. The van der Waals surface area contributed by atoms with Crippen LogP contribution in [0.15, 0.2) is 21.8 Å². The van der Waals surface area contributed by atoms with Crippen molar-refractivity contribution in [2.24, 2.45) is 0 Å². The third kappa shape index (κ3) is 4.99. The van der Waals surface area contributed by atoms with Gasteiger partial charge in [-0.2, -0.15) is 0 Å². The van der Waals surface area contributed by atoms with Gasteiger partial charge in [-0.1, -0.05) is 12.7 Å². The maximum Gasteiger partial charge on any atom is 0.0547 e. The van der Waals surface area contributed by atoms with E-state index in [0.29, 0.717) is 6.42 Å². The molecular formula is C8H13IO. The molecule has 0 aromatic heterocycles. The molecule has 2 heteroatoms. The van der Waals surface area contributed by atoms with Gasteiger partial charge < -0.3 is 5.11 Å². The van der Waals surface area contributed by atoms with Gasteiger partial charge in [0.1, 0.15) is 0 Å². The summed E-state index contributed by atoms with van der Waals surface area (Å²) < 4.78 is 1.14. The van der Waals surface area contributed by atoms with Crippen molar-refractivity contribution in [3.05, 3.63) is 21.8 Å². The molecule has 0 spiro atoms. The fourth-order valence-corrected chi connectivity index (χ4v) is 0.703. The van der Waals surface area contributed by atoms with Crippen molar-refractivity contribution >= 4 is 22.6 Å². The predicted octanol–water partition coefficient (Wildman–Crippen LogP) is 2.65. The minimum atomic E-state index is -0.246. The van der Waals surface area contributed by atoms with Crippen LogP contribution in [-0.2, 0) is 0 Å². The van der Waals surface area contributed by atoms with Crippen molar-refractivity contribution in [1.29, 1.82) is 0 Å². The Kier molecular flexibility index (Phi) is 4.99. The third-order valence-corrected chi connectivity index (χ3v) is 2.41. The smallest absolute Gasteiger partial charge is 0.0547 e. The molecule has 0 bridgehead atoms. The Labute approximate surface area is 76.0 Å². The van der Waals surface area contributed by atoms with Gasteiger partial charge in [-0.05, 0) is 48.4 Å². The first-order chi connectivity index (χ1) is 4.54. The first kappa shape index (κ1) is 10.2. The number of aliphatic hydroxyl groups is 1. The molecule has 0 aliphatic carbocycles. The Morgan fingerprint density at radius 3 is 2.60 bits per heavy atom. The van der Waals surface area contributed by atoms with Crippen LogP contribution >= 0.6 is 22.6 Å². The van der Waals surface area contributed by atoms with Crippen LogP contribution in [-0.4, -0.2) is 11.2 Å². The summed E-state index contributed by atoms with van der Waals surface area (Å²) in [4.78, 5) is 0. The molecule has 58 valence electrons. The van der Waals surface area contributed by atoms with Crippen LogP contribution in [0, 0.1) is 0 Å². The summed E-state index contributed by atoms with van der Waals surface area (Å²) in [6.07, 6.45) is 2.46. The normalized spacial score (nSPS) is 15.0. The van der Waals surface area contributed by atoms with Gasteiger partial charge in [0.15, 0.2) is 0 Å². The lowest BCUT2D eigenvalue weighted by atomic mass is 10.2. The Morgan fingerprint density at radius 2 is 2.30 bits per heavy atom. The standard InChI is InChI=1S/C8H13IO/c1-6(2)8(9)5-4-7(3)10/h5,7,10H,1,4H2,2-3H3/b8-5+. The van der Waals surface area contributed by atoms with E-state index in [0.717, 1.165) is 9.15 Å². The molecule has 1 nitrogen and oxygen atoms in total. The Balaban J connectivity index is 3.81. The monoisotopic (exact) mass is 252 g/mol. The van der Waals surface area contributed by atoms with Crippen LogP contribution in [0.25, 0.3) is 0 Å². The summed E-state index contributed by atoms with van der Waals surface area (Å²) in [5, 5.41) is 8.91. The van der Waals surface area contributed by atoms with E-state index < -0.39 is 0 Å². The van der Waals surface area contributed by atoms with Gasteiger partial charge in [-0.15, -0.1) is 0 Å². The van der Waals surface area contributed by atoms with E-state index in [9.17, 15) is 0 Å². The molecule has 0 aromatic rings. The zero-order valence-electron chi connectivity index (χ0n) is 6.39. The van der Waals surface area contributed by atoms with Crippen LogP contribution in [0.5, 0.6) is 0 Å². The summed E-state index contributed by atoms with van der Waals surface area (Å²) in [5.74, 6) is 0. The number of hydrogen-bond acceptors (Lipinski definition) is 1. The SMILES string of the molecule is C=C(C)/C(I)=C\CC(C)O. The van der Waals surface area contributed by atoms with E-state index >= 15 is 0 Å². The highest BCUT2D eigenvalue weighted by Gasteiger charge is 1.93. The van der Waals surface area contributed by atoms with Gasteiger partial charge in [-0.3, -0.25) is 0 Å². The van der Waals surface area contributed by atoms with Crippen LogP contribution in [0.1, 0.15) is 20.3 Å². The van der Waals surface area contributed by atoms with E-state index in [2.05, 4.69) is 29.2 Å². The average Bonchev–Trinajstić information content (AvgIpc) is 1.82. The van der Waals surface area contributed by atoms with Gasteiger partial charge in [0.25, 0.3) is 0 Å².